The number of rotatable bonds is 4. The van der Waals surface area contributed by atoms with Crippen molar-refractivity contribution in [1.29, 1.82) is 0 Å². The molecule has 0 radical (unpaired) electrons. The second-order valence-electron chi connectivity index (χ2n) is 4.30. The Bertz CT molecular complexity index is 390. The van der Waals surface area contributed by atoms with E-state index in [0.717, 1.165) is 18.2 Å². The number of hydrogen-bond acceptors (Lipinski definition) is 5. The van der Waals surface area contributed by atoms with E-state index in [1.165, 1.54) is 13.8 Å². The summed E-state index contributed by atoms with van der Waals surface area (Å²) in [5.41, 5.74) is -1.38. The third-order valence-electron chi connectivity index (χ3n) is 2.43. The number of anilines is 1. The molecule has 0 aliphatic rings. The maximum absolute atomic E-state index is 13.0. The zero-order valence-electron chi connectivity index (χ0n) is 9.85. The molecule has 0 fully saturated rings. The van der Waals surface area contributed by atoms with Gasteiger partial charge in [0.15, 0.2) is 0 Å². The van der Waals surface area contributed by atoms with Crippen molar-refractivity contribution in [3.63, 3.8) is 0 Å². The minimum Gasteiger partial charge on any atom is -0.733 e. The van der Waals surface area contributed by atoms with Crippen LogP contribution in [0.25, 0.3) is 0 Å². The van der Waals surface area contributed by atoms with Crippen molar-refractivity contribution in [2.75, 3.05) is 5.23 Å². The topological polar surface area (TPSA) is 76.0 Å². The van der Waals surface area contributed by atoms with Crippen LogP contribution in [-0.2, 0) is 0 Å². The van der Waals surface area contributed by atoms with Gasteiger partial charge in [-0.2, -0.15) is 0 Å². The second-order valence-corrected chi connectivity index (χ2v) is 4.30. The Labute approximate surface area is 98.6 Å². The van der Waals surface area contributed by atoms with Gasteiger partial charge >= 0.3 is 0 Å². The molecule has 0 aromatic heterocycles. The van der Waals surface area contributed by atoms with Crippen molar-refractivity contribution in [3.05, 3.63) is 29.2 Å². The van der Waals surface area contributed by atoms with Gasteiger partial charge in [0.2, 0.25) is 0 Å². The van der Waals surface area contributed by atoms with Crippen molar-refractivity contribution in [2.45, 2.75) is 32.5 Å². The predicted molar refractivity (Wildman–Crippen MR) is 60.4 cm³/mol. The first-order valence-corrected chi connectivity index (χ1v) is 5.06. The summed E-state index contributed by atoms with van der Waals surface area (Å²) in [5.74, 6) is -0.731. The van der Waals surface area contributed by atoms with Crippen molar-refractivity contribution >= 4 is 5.69 Å². The largest absolute Gasteiger partial charge is 0.733 e. The molecule has 0 bridgehead atoms. The molecule has 0 amide bonds. The summed E-state index contributed by atoms with van der Waals surface area (Å²) in [6, 6.07) is 3.09. The lowest BCUT2D eigenvalue weighted by Gasteiger charge is -2.30. The van der Waals surface area contributed by atoms with E-state index in [0.29, 0.717) is 0 Å². The minimum absolute atomic E-state index is 0.128. The van der Waals surface area contributed by atoms with Crippen LogP contribution in [0.2, 0.25) is 0 Å². The molecule has 0 heterocycles. The highest BCUT2D eigenvalue weighted by Gasteiger charge is 2.25. The molecule has 0 aliphatic heterocycles. The van der Waals surface area contributed by atoms with Gasteiger partial charge < -0.3 is 20.3 Å². The Morgan fingerprint density at radius 2 is 2.06 bits per heavy atom. The molecular formula is C11H15FNO4-. The zero-order valence-corrected chi connectivity index (χ0v) is 9.85. The van der Waals surface area contributed by atoms with Crippen molar-refractivity contribution in [2.24, 2.45) is 0 Å². The van der Waals surface area contributed by atoms with Gasteiger partial charge in [0.05, 0.1) is 11.3 Å². The van der Waals surface area contributed by atoms with Gasteiger partial charge in [0.1, 0.15) is 17.7 Å². The van der Waals surface area contributed by atoms with Gasteiger partial charge in [0, 0.05) is 6.07 Å². The van der Waals surface area contributed by atoms with E-state index in [9.17, 15) is 14.7 Å². The molecule has 1 rings (SSSR count). The fraction of sp³-hybridized carbons (Fsp3) is 0.455. The van der Waals surface area contributed by atoms with E-state index in [-0.39, 0.29) is 11.4 Å². The van der Waals surface area contributed by atoms with Crippen molar-refractivity contribution in [3.8, 4) is 5.75 Å². The Hall–Kier alpha value is -1.37. The summed E-state index contributed by atoms with van der Waals surface area (Å²) >= 11 is 0. The Morgan fingerprint density at radius 1 is 1.47 bits per heavy atom. The molecule has 96 valence electrons. The lowest BCUT2D eigenvalue weighted by atomic mass is 10.0. The smallest absolute Gasteiger partial charge is 0.147 e. The number of halogens is 1. The van der Waals surface area contributed by atoms with E-state index in [1.54, 1.807) is 6.92 Å². The third kappa shape index (κ3) is 3.55. The maximum Gasteiger partial charge on any atom is 0.147 e. The van der Waals surface area contributed by atoms with Crippen molar-refractivity contribution in [1.82, 2.24) is 0 Å². The van der Waals surface area contributed by atoms with E-state index >= 15 is 0 Å². The van der Waals surface area contributed by atoms with Gasteiger partial charge in [-0.05, 0) is 32.9 Å². The maximum atomic E-state index is 13.0. The van der Waals surface area contributed by atoms with E-state index in [2.05, 4.69) is 0 Å². The summed E-state index contributed by atoms with van der Waals surface area (Å²) in [6.07, 6.45) is -0.678. The quantitative estimate of drug-likeness (QED) is 0.793. The van der Waals surface area contributed by atoms with E-state index in [1.807, 2.05) is 0 Å². The predicted octanol–water partition coefficient (Wildman–Crippen LogP) is 2.06. The highest BCUT2D eigenvalue weighted by molar-refractivity contribution is 5.57. The fourth-order valence-corrected chi connectivity index (χ4v) is 1.08. The van der Waals surface area contributed by atoms with Gasteiger partial charge in [0.25, 0.3) is 0 Å². The summed E-state index contributed by atoms with van der Waals surface area (Å²) in [7, 11) is 0. The Kier molecular flexibility index (Phi) is 3.92. The van der Waals surface area contributed by atoms with Gasteiger partial charge in [-0.3, -0.25) is 5.21 Å². The van der Waals surface area contributed by atoms with E-state index < -0.39 is 22.7 Å². The molecule has 6 heteroatoms. The van der Waals surface area contributed by atoms with Crippen LogP contribution in [0.4, 0.5) is 10.1 Å². The first-order chi connectivity index (χ1) is 7.71. The molecular weight excluding hydrogens is 229 g/mol. The average Bonchev–Trinajstić information content (AvgIpc) is 2.15. The fourth-order valence-electron chi connectivity index (χ4n) is 1.08. The molecule has 1 atom stereocenters. The molecule has 1 aromatic rings. The molecule has 0 saturated carbocycles. The first-order valence-electron chi connectivity index (χ1n) is 5.06. The van der Waals surface area contributed by atoms with Gasteiger partial charge in [-0.15, -0.1) is 0 Å². The molecule has 2 N–H and O–H groups in total. The number of ether oxygens (including phenoxy) is 1. The number of benzene rings is 1. The average molecular weight is 244 g/mol. The van der Waals surface area contributed by atoms with Crippen LogP contribution in [0.3, 0.4) is 0 Å². The molecule has 1 aromatic carbocycles. The molecule has 0 spiro atoms. The molecule has 1 unspecified atom stereocenters. The lowest BCUT2D eigenvalue weighted by Crippen LogP contribution is -2.38. The van der Waals surface area contributed by atoms with Crippen LogP contribution in [0, 0.1) is 11.0 Å². The van der Waals surface area contributed by atoms with Crippen LogP contribution in [0.15, 0.2) is 18.2 Å². The second kappa shape index (κ2) is 4.87. The third-order valence-corrected chi connectivity index (χ3v) is 2.43. The normalized spacial score (nSPS) is 13.4. The Morgan fingerprint density at radius 3 is 2.53 bits per heavy atom. The number of hydrogen-bond donors (Lipinski definition) is 2. The first kappa shape index (κ1) is 13.7. The molecule has 0 saturated heterocycles. The number of aliphatic hydroxyl groups is 1. The van der Waals surface area contributed by atoms with Gasteiger partial charge in [-0.25, -0.2) is 4.39 Å². The molecule has 17 heavy (non-hydrogen) atoms. The SMILES string of the molecule is CC(Oc1cc(F)ccc1N([O-])O)C(C)(C)O. The van der Waals surface area contributed by atoms with Crippen LogP contribution < -0.4 is 9.96 Å². The summed E-state index contributed by atoms with van der Waals surface area (Å²) in [5, 5.41) is 28.9. The number of nitrogens with zero attached hydrogens (tertiary/aromatic N) is 1. The van der Waals surface area contributed by atoms with Crippen LogP contribution in [0.1, 0.15) is 20.8 Å². The van der Waals surface area contributed by atoms with Gasteiger partial charge in [-0.1, -0.05) is 0 Å². The summed E-state index contributed by atoms with van der Waals surface area (Å²) < 4.78 is 18.3. The lowest BCUT2D eigenvalue weighted by molar-refractivity contribution is -0.0242. The van der Waals surface area contributed by atoms with Crippen LogP contribution >= 0.6 is 0 Å². The molecule has 0 aliphatic carbocycles. The summed E-state index contributed by atoms with van der Waals surface area (Å²) in [4.78, 5) is 0. The highest BCUT2D eigenvalue weighted by Crippen LogP contribution is 2.30. The molecule has 5 nitrogen and oxygen atoms in total. The van der Waals surface area contributed by atoms with Crippen LogP contribution in [-0.4, -0.2) is 22.0 Å². The van der Waals surface area contributed by atoms with Crippen LogP contribution in [0.5, 0.6) is 5.75 Å². The summed E-state index contributed by atoms with van der Waals surface area (Å²) in [6.45, 7) is 4.61. The highest BCUT2D eigenvalue weighted by atomic mass is 19.1. The standard InChI is InChI=1S/C11H15FNO4/c1-7(11(2,3)14)17-10-6-8(12)4-5-9(10)13(15)16/h4-7,14-15H,1-3H3/q-1. The van der Waals surface area contributed by atoms with Crippen molar-refractivity contribution < 1.29 is 19.4 Å². The monoisotopic (exact) mass is 244 g/mol. The van der Waals surface area contributed by atoms with E-state index in [4.69, 9.17) is 9.94 Å². The zero-order chi connectivity index (χ0) is 13.2. The minimum atomic E-state index is -1.16. The Balaban J connectivity index is 3.00.